The lowest BCUT2D eigenvalue weighted by Gasteiger charge is -2.09. The molecule has 0 aliphatic carbocycles. The Morgan fingerprint density at radius 1 is 1.00 bits per heavy atom. The quantitative estimate of drug-likeness (QED) is 0.657. The van der Waals surface area contributed by atoms with Gasteiger partial charge in [0, 0.05) is 5.39 Å². The number of ether oxygens (including phenoxy) is 1. The second-order valence-corrected chi connectivity index (χ2v) is 5.03. The van der Waals surface area contributed by atoms with Gasteiger partial charge in [-0.1, -0.05) is 62.9 Å². The van der Waals surface area contributed by atoms with Gasteiger partial charge in [-0.05, 0) is 17.9 Å². The molecule has 0 saturated heterocycles. The number of benzene rings is 2. The fourth-order valence-corrected chi connectivity index (χ4v) is 2.37. The predicted octanol–water partition coefficient (Wildman–Crippen LogP) is 5.06. The minimum Gasteiger partial charge on any atom is -0.492 e. The first kappa shape index (κ1) is 14.4. The molecule has 2 nitrogen and oxygen atoms in total. The van der Waals surface area contributed by atoms with Crippen molar-refractivity contribution in [3.63, 3.8) is 0 Å². The number of unbranched alkanes of at least 4 members (excludes halogenated alkanes) is 4. The van der Waals surface area contributed by atoms with E-state index < -0.39 is 0 Å². The molecule has 2 rings (SSSR count). The summed E-state index contributed by atoms with van der Waals surface area (Å²) in [4.78, 5) is 0. The molecule has 0 aliphatic heterocycles. The molecular formula is C18H21NO. The molecule has 2 aromatic rings. The number of hydrogen-bond acceptors (Lipinski definition) is 2. The van der Waals surface area contributed by atoms with E-state index in [1.54, 1.807) is 0 Å². The van der Waals surface area contributed by atoms with Gasteiger partial charge in [0.2, 0.25) is 0 Å². The van der Waals surface area contributed by atoms with Crippen molar-refractivity contribution in [1.29, 1.82) is 5.26 Å². The maximum atomic E-state index is 9.36. The van der Waals surface area contributed by atoms with E-state index >= 15 is 0 Å². The molecule has 0 aliphatic rings. The number of nitriles is 1. The van der Waals surface area contributed by atoms with Crippen molar-refractivity contribution < 1.29 is 4.74 Å². The van der Waals surface area contributed by atoms with Gasteiger partial charge in [0.1, 0.15) is 17.4 Å². The minimum atomic E-state index is 0.650. The Morgan fingerprint density at radius 3 is 2.60 bits per heavy atom. The van der Waals surface area contributed by atoms with Gasteiger partial charge in [-0.2, -0.15) is 5.26 Å². The highest BCUT2D eigenvalue weighted by Gasteiger charge is 2.07. The monoisotopic (exact) mass is 267 g/mol. The third-order valence-corrected chi connectivity index (χ3v) is 3.51. The van der Waals surface area contributed by atoms with Crippen LogP contribution in [0.15, 0.2) is 36.4 Å². The molecule has 0 radical (unpaired) electrons. The van der Waals surface area contributed by atoms with Crippen LogP contribution in [0.25, 0.3) is 10.8 Å². The molecule has 0 N–H and O–H groups in total. The van der Waals surface area contributed by atoms with Crippen molar-refractivity contribution in [3.05, 3.63) is 42.0 Å². The van der Waals surface area contributed by atoms with Crippen molar-refractivity contribution in [3.8, 4) is 11.8 Å². The van der Waals surface area contributed by atoms with Crippen LogP contribution in [0.1, 0.15) is 44.6 Å². The zero-order valence-electron chi connectivity index (χ0n) is 12.1. The molecule has 2 heteroatoms. The third-order valence-electron chi connectivity index (χ3n) is 3.51. The first-order chi connectivity index (χ1) is 9.86. The van der Waals surface area contributed by atoms with Crippen molar-refractivity contribution in [1.82, 2.24) is 0 Å². The van der Waals surface area contributed by atoms with Crippen LogP contribution >= 0.6 is 0 Å². The first-order valence-electron chi connectivity index (χ1n) is 7.41. The Balaban J connectivity index is 2.01. The Bertz CT molecular complexity index is 598. The summed E-state index contributed by atoms with van der Waals surface area (Å²) in [5.74, 6) is 0.710. The zero-order valence-corrected chi connectivity index (χ0v) is 12.1. The van der Waals surface area contributed by atoms with Crippen LogP contribution in [0.5, 0.6) is 5.75 Å². The van der Waals surface area contributed by atoms with Crippen molar-refractivity contribution >= 4 is 10.8 Å². The Morgan fingerprint density at radius 2 is 1.80 bits per heavy atom. The van der Waals surface area contributed by atoms with Gasteiger partial charge in [-0.25, -0.2) is 0 Å². The van der Waals surface area contributed by atoms with Crippen molar-refractivity contribution in [2.24, 2.45) is 0 Å². The number of hydrogen-bond donors (Lipinski definition) is 0. The predicted molar refractivity (Wildman–Crippen MR) is 82.9 cm³/mol. The van der Waals surface area contributed by atoms with Gasteiger partial charge in [0.05, 0.1) is 6.61 Å². The molecular weight excluding hydrogens is 246 g/mol. The zero-order chi connectivity index (χ0) is 14.2. The van der Waals surface area contributed by atoms with E-state index in [9.17, 15) is 5.26 Å². The van der Waals surface area contributed by atoms with E-state index in [0.29, 0.717) is 17.9 Å². The van der Waals surface area contributed by atoms with Crippen LogP contribution in [0, 0.1) is 11.3 Å². The van der Waals surface area contributed by atoms with E-state index in [4.69, 9.17) is 4.74 Å². The normalized spacial score (nSPS) is 10.4. The van der Waals surface area contributed by atoms with E-state index in [1.807, 2.05) is 36.4 Å². The van der Waals surface area contributed by atoms with Gasteiger partial charge in [0.15, 0.2) is 0 Å². The number of rotatable bonds is 7. The molecule has 0 spiro atoms. The van der Waals surface area contributed by atoms with Crippen LogP contribution in [0.3, 0.4) is 0 Å². The number of fused-ring (bicyclic) bond motifs is 1. The SMILES string of the molecule is CCCCCCCOc1ccc2ccccc2c1C#N. The maximum Gasteiger partial charge on any atom is 0.137 e. The summed E-state index contributed by atoms with van der Waals surface area (Å²) in [5, 5.41) is 11.4. The molecule has 2 aromatic carbocycles. The van der Waals surface area contributed by atoms with Crippen LogP contribution in [-0.2, 0) is 0 Å². The van der Waals surface area contributed by atoms with Crippen LogP contribution in [0.4, 0.5) is 0 Å². The van der Waals surface area contributed by atoms with E-state index in [2.05, 4.69) is 13.0 Å². The molecule has 0 bridgehead atoms. The maximum absolute atomic E-state index is 9.36. The second kappa shape index (κ2) is 7.55. The summed E-state index contributed by atoms with van der Waals surface area (Å²) in [5.41, 5.74) is 0.650. The molecule has 104 valence electrons. The first-order valence-corrected chi connectivity index (χ1v) is 7.41. The smallest absolute Gasteiger partial charge is 0.137 e. The Labute approximate surface area is 121 Å². The molecule has 0 saturated carbocycles. The largest absolute Gasteiger partial charge is 0.492 e. The summed E-state index contributed by atoms with van der Waals surface area (Å²) >= 11 is 0. The van der Waals surface area contributed by atoms with Crippen LogP contribution < -0.4 is 4.74 Å². The molecule has 0 aromatic heterocycles. The summed E-state index contributed by atoms with van der Waals surface area (Å²) in [6, 6.07) is 14.1. The van der Waals surface area contributed by atoms with Crippen molar-refractivity contribution in [2.45, 2.75) is 39.0 Å². The molecule has 0 amide bonds. The lowest BCUT2D eigenvalue weighted by atomic mass is 10.0. The summed E-state index contributed by atoms with van der Waals surface area (Å²) in [7, 11) is 0. The highest BCUT2D eigenvalue weighted by molar-refractivity contribution is 5.90. The van der Waals surface area contributed by atoms with Gasteiger partial charge in [-0.3, -0.25) is 0 Å². The van der Waals surface area contributed by atoms with Crippen LogP contribution in [-0.4, -0.2) is 6.61 Å². The van der Waals surface area contributed by atoms with E-state index in [-0.39, 0.29) is 0 Å². The second-order valence-electron chi connectivity index (χ2n) is 5.03. The van der Waals surface area contributed by atoms with E-state index in [1.165, 1.54) is 25.7 Å². The van der Waals surface area contributed by atoms with Gasteiger partial charge in [0.25, 0.3) is 0 Å². The summed E-state index contributed by atoms with van der Waals surface area (Å²) in [6.45, 7) is 2.90. The van der Waals surface area contributed by atoms with Gasteiger partial charge >= 0.3 is 0 Å². The standard InChI is InChI=1S/C18H21NO/c1-2-3-4-5-8-13-20-18-12-11-15-9-6-7-10-16(15)17(18)14-19/h6-7,9-12H,2-5,8,13H2,1H3. The average Bonchev–Trinajstić information content (AvgIpc) is 2.50. The number of nitrogens with zero attached hydrogens (tertiary/aromatic N) is 1. The summed E-state index contributed by atoms with van der Waals surface area (Å²) in [6.07, 6.45) is 6.06. The fourth-order valence-electron chi connectivity index (χ4n) is 2.37. The van der Waals surface area contributed by atoms with E-state index in [0.717, 1.165) is 17.2 Å². The lowest BCUT2D eigenvalue weighted by molar-refractivity contribution is 0.304. The fraction of sp³-hybridized carbons (Fsp3) is 0.389. The topological polar surface area (TPSA) is 33.0 Å². The average molecular weight is 267 g/mol. The van der Waals surface area contributed by atoms with Crippen LogP contribution in [0.2, 0.25) is 0 Å². The van der Waals surface area contributed by atoms with Crippen molar-refractivity contribution in [2.75, 3.05) is 6.61 Å². The molecule has 0 fully saturated rings. The molecule has 0 heterocycles. The minimum absolute atomic E-state index is 0.650. The Kier molecular flexibility index (Phi) is 5.43. The van der Waals surface area contributed by atoms with Gasteiger partial charge < -0.3 is 4.74 Å². The highest BCUT2D eigenvalue weighted by atomic mass is 16.5. The summed E-state index contributed by atoms with van der Waals surface area (Å²) < 4.78 is 5.79. The Hall–Kier alpha value is -2.01. The third kappa shape index (κ3) is 3.51. The molecule has 20 heavy (non-hydrogen) atoms. The molecule has 0 atom stereocenters. The lowest BCUT2D eigenvalue weighted by Crippen LogP contribution is -1.99. The van der Waals surface area contributed by atoms with Gasteiger partial charge in [-0.15, -0.1) is 0 Å². The molecule has 0 unspecified atom stereocenters. The highest BCUT2D eigenvalue weighted by Crippen LogP contribution is 2.27.